The van der Waals surface area contributed by atoms with Crippen LogP contribution in [0.4, 0.5) is 0 Å². The van der Waals surface area contributed by atoms with Crippen LogP contribution in [0.2, 0.25) is 0 Å². The molecular formula is C16H16N2OS. The van der Waals surface area contributed by atoms with Gasteiger partial charge in [0.05, 0.1) is 18.4 Å². The van der Waals surface area contributed by atoms with Crippen LogP contribution in [-0.4, -0.2) is 9.55 Å². The molecule has 20 heavy (non-hydrogen) atoms. The minimum absolute atomic E-state index is 0.0398. The van der Waals surface area contributed by atoms with Crippen LogP contribution in [0.1, 0.15) is 30.9 Å². The number of nitrogens with zero attached hydrogens (tertiary/aromatic N) is 2. The van der Waals surface area contributed by atoms with E-state index in [9.17, 15) is 4.79 Å². The maximum Gasteiger partial charge on any atom is 0.271 e. The minimum atomic E-state index is 0.0398. The van der Waals surface area contributed by atoms with Gasteiger partial charge >= 0.3 is 0 Å². The predicted molar refractivity (Wildman–Crippen MR) is 83.5 cm³/mol. The van der Waals surface area contributed by atoms with Crippen LogP contribution in [0, 0.1) is 0 Å². The third kappa shape index (κ3) is 2.39. The van der Waals surface area contributed by atoms with Crippen molar-refractivity contribution in [3.05, 3.63) is 63.5 Å². The molecule has 0 saturated carbocycles. The van der Waals surface area contributed by atoms with Crippen molar-refractivity contribution in [1.82, 2.24) is 9.55 Å². The highest BCUT2D eigenvalue weighted by Crippen LogP contribution is 2.16. The molecule has 0 bridgehead atoms. The van der Waals surface area contributed by atoms with Gasteiger partial charge in [0.2, 0.25) is 0 Å². The second-order valence-electron chi connectivity index (χ2n) is 5.21. The summed E-state index contributed by atoms with van der Waals surface area (Å²) in [4.78, 5) is 16.6. The van der Waals surface area contributed by atoms with Gasteiger partial charge in [0, 0.05) is 0 Å². The predicted octanol–water partition coefficient (Wildman–Crippen LogP) is 3.63. The third-order valence-corrected chi connectivity index (χ3v) is 4.33. The minimum Gasteiger partial charge on any atom is -0.294 e. The summed E-state index contributed by atoms with van der Waals surface area (Å²) in [5, 5.41) is 1.90. The van der Waals surface area contributed by atoms with Crippen molar-refractivity contribution in [2.24, 2.45) is 0 Å². The van der Waals surface area contributed by atoms with Crippen LogP contribution >= 0.6 is 11.3 Å². The second kappa shape index (κ2) is 5.21. The normalized spacial score (nSPS) is 11.3. The molecular weight excluding hydrogens is 268 g/mol. The van der Waals surface area contributed by atoms with Crippen LogP contribution < -0.4 is 5.56 Å². The maximum absolute atomic E-state index is 12.3. The topological polar surface area (TPSA) is 34.9 Å². The fraction of sp³-hybridized carbons (Fsp3) is 0.250. The third-order valence-electron chi connectivity index (χ3n) is 3.44. The summed E-state index contributed by atoms with van der Waals surface area (Å²) in [5.74, 6) is 0.524. The van der Waals surface area contributed by atoms with Gasteiger partial charge in [-0.1, -0.05) is 38.1 Å². The molecule has 0 saturated heterocycles. The zero-order valence-electron chi connectivity index (χ0n) is 11.5. The molecule has 4 heteroatoms. The standard InChI is InChI=1S/C16H16N2OS/c1-11(2)13-5-3-12(4-6-13)9-18-10-17-14-7-8-20-15(14)16(18)19/h3-8,10-11H,9H2,1-2H3. The highest BCUT2D eigenvalue weighted by molar-refractivity contribution is 7.17. The van der Waals surface area contributed by atoms with E-state index in [1.807, 2.05) is 11.4 Å². The summed E-state index contributed by atoms with van der Waals surface area (Å²) in [6.07, 6.45) is 1.63. The summed E-state index contributed by atoms with van der Waals surface area (Å²) in [5.41, 5.74) is 3.26. The lowest BCUT2D eigenvalue weighted by Gasteiger charge is -2.08. The Bertz CT molecular complexity index is 784. The molecule has 0 fully saturated rings. The number of benzene rings is 1. The van der Waals surface area contributed by atoms with Crippen molar-refractivity contribution in [2.75, 3.05) is 0 Å². The molecule has 0 aliphatic carbocycles. The van der Waals surface area contributed by atoms with E-state index in [2.05, 4.69) is 43.1 Å². The van der Waals surface area contributed by atoms with Crippen LogP contribution in [-0.2, 0) is 6.54 Å². The average Bonchev–Trinajstić information content (AvgIpc) is 2.92. The van der Waals surface area contributed by atoms with E-state index in [1.165, 1.54) is 16.9 Å². The molecule has 0 N–H and O–H groups in total. The largest absolute Gasteiger partial charge is 0.294 e. The molecule has 0 aliphatic rings. The summed E-state index contributed by atoms with van der Waals surface area (Å²) >= 11 is 1.45. The van der Waals surface area contributed by atoms with E-state index >= 15 is 0 Å². The van der Waals surface area contributed by atoms with Crippen molar-refractivity contribution in [3.63, 3.8) is 0 Å². The summed E-state index contributed by atoms with van der Waals surface area (Å²) in [7, 11) is 0. The number of hydrogen-bond donors (Lipinski definition) is 0. The van der Waals surface area contributed by atoms with Crippen LogP contribution in [0.15, 0.2) is 46.8 Å². The number of hydrogen-bond acceptors (Lipinski definition) is 3. The van der Waals surface area contributed by atoms with Crippen molar-refractivity contribution >= 4 is 21.6 Å². The van der Waals surface area contributed by atoms with Gasteiger partial charge in [-0.3, -0.25) is 9.36 Å². The average molecular weight is 284 g/mol. The number of aromatic nitrogens is 2. The Morgan fingerprint density at radius 2 is 1.95 bits per heavy atom. The Hall–Kier alpha value is -1.94. The lowest BCUT2D eigenvalue weighted by atomic mass is 10.0. The van der Waals surface area contributed by atoms with Gasteiger partial charge in [0.1, 0.15) is 4.70 Å². The fourth-order valence-electron chi connectivity index (χ4n) is 2.20. The molecule has 2 heterocycles. The highest BCUT2D eigenvalue weighted by Gasteiger charge is 2.06. The Balaban J connectivity index is 1.92. The Labute approximate surface area is 121 Å². The molecule has 0 atom stereocenters. The van der Waals surface area contributed by atoms with Gasteiger partial charge in [0.25, 0.3) is 5.56 Å². The Morgan fingerprint density at radius 1 is 1.20 bits per heavy atom. The first-order valence-electron chi connectivity index (χ1n) is 6.66. The fourth-order valence-corrected chi connectivity index (χ4v) is 2.99. The summed E-state index contributed by atoms with van der Waals surface area (Å²) in [6, 6.07) is 10.3. The summed E-state index contributed by atoms with van der Waals surface area (Å²) < 4.78 is 2.40. The Kier molecular flexibility index (Phi) is 3.40. The van der Waals surface area contributed by atoms with Crippen LogP contribution in [0.25, 0.3) is 10.2 Å². The highest BCUT2D eigenvalue weighted by atomic mass is 32.1. The number of fused-ring (bicyclic) bond motifs is 1. The Morgan fingerprint density at radius 3 is 2.65 bits per heavy atom. The van der Waals surface area contributed by atoms with E-state index in [0.29, 0.717) is 12.5 Å². The molecule has 0 aliphatic heterocycles. The van der Waals surface area contributed by atoms with E-state index in [0.717, 1.165) is 15.8 Å². The zero-order chi connectivity index (χ0) is 14.1. The maximum atomic E-state index is 12.3. The first kappa shape index (κ1) is 13.1. The lowest BCUT2D eigenvalue weighted by molar-refractivity contribution is 0.748. The van der Waals surface area contributed by atoms with Gasteiger partial charge in [-0.25, -0.2) is 4.98 Å². The molecule has 1 aromatic carbocycles. The molecule has 2 aromatic heterocycles. The molecule has 0 unspecified atom stereocenters. The zero-order valence-corrected chi connectivity index (χ0v) is 12.4. The van der Waals surface area contributed by atoms with Crippen molar-refractivity contribution in [3.8, 4) is 0 Å². The first-order chi connectivity index (χ1) is 9.65. The monoisotopic (exact) mass is 284 g/mol. The number of thiophene rings is 1. The van der Waals surface area contributed by atoms with E-state index in [-0.39, 0.29) is 5.56 Å². The lowest BCUT2D eigenvalue weighted by Crippen LogP contribution is -2.20. The van der Waals surface area contributed by atoms with Gasteiger partial charge in [-0.05, 0) is 28.5 Å². The smallest absolute Gasteiger partial charge is 0.271 e. The molecule has 0 amide bonds. The van der Waals surface area contributed by atoms with Crippen molar-refractivity contribution in [1.29, 1.82) is 0 Å². The van der Waals surface area contributed by atoms with E-state index in [4.69, 9.17) is 0 Å². The molecule has 3 aromatic rings. The van der Waals surface area contributed by atoms with Crippen molar-refractivity contribution in [2.45, 2.75) is 26.3 Å². The SMILES string of the molecule is CC(C)c1ccc(Cn2cnc3ccsc3c2=O)cc1. The van der Waals surface area contributed by atoms with Gasteiger partial charge in [-0.15, -0.1) is 11.3 Å². The molecule has 3 rings (SSSR count). The van der Waals surface area contributed by atoms with Gasteiger partial charge in [0.15, 0.2) is 0 Å². The first-order valence-corrected chi connectivity index (χ1v) is 7.54. The molecule has 102 valence electrons. The second-order valence-corrected chi connectivity index (χ2v) is 6.12. The quantitative estimate of drug-likeness (QED) is 0.736. The summed E-state index contributed by atoms with van der Waals surface area (Å²) in [6.45, 7) is 4.92. The molecule has 0 radical (unpaired) electrons. The van der Waals surface area contributed by atoms with E-state index in [1.54, 1.807) is 10.9 Å². The number of rotatable bonds is 3. The van der Waals surface area contributed by atoms with Crippen molar-refractivity contribution < 1.29 is 0 Å². The van der Waals surface area contributed by atoms with Gasteiger partial charge < -0.3 is 0 Å². The molecule has 3 nitrogen and oxygen atoms in total. The van der Waals surface area contributed by atoms with E-state index < -0.39 is 0 Å². The molecule has 0 spiro atoms. The van der Waals surface area contributed by atoms with Crippen LogP contribution in [0.5, 0.6) is 0 Å². The van der Waals surface area contributed by atoms with Gasteiger partial charge in [-0.2, -0.15) is 0 Å². The van der Waals surface area contributed by atoms with Crippen LogP contribution in [0.3, 0.4) is 0 Å².